The second-order valence-electron chi connectivity index (χ2n) is 7.45. The Morgan fingerprint density at radius 1 is 1.06 bits per heavy atom. The number of benzene rings is 2. The van der Waals surface area contributed by atoms with E-state index in [-0.39, 0.29) is 29.2 Å². The number of ether oxygens (including phenoxy) is 1. The molecule has 1 N–H and O–H groups in total. The van der Waals surface area contributed by atoms with Crippen LogP contribution in [0.2, 0.25) is 0 Å². The van der Waals surface area contributed by atoms with Crippen molar-refractivity contribution < 1.29 is 23.5 Å². The number of hydrogen-bond donors (Lipinski definition) is 1. The van der Waals surface area contributed by atoms with E-state index in [1.165, 1.54) is 18.4 Å². The van der Waals surface area contributed by atoms with Gasteiger partial charge < -0.3 is 19.4 Å². The molecule has 0 spiro atoms. The normalized spacial score (nSPS) is 15.8. The van der Waals surface area contributed by atoms with Crippen molar-refractivity contribution in [1.29, 1.82) is 0 Å². The molecule has 1 aliphatic rings. The van der Waals surface area contributed by atoms with E-state index in [1.54, 1.807) is 36.1 Å². The fraction of sp³-hybridized carbons (Fsp3) is 0.208. The summed E-state index contributed by atoms with van der Waals surface area (Å²) in [5, 5.41) is 2.68. The number of rotatable bonds is 5. The maximum absolute atomic E-state index is 13.0. The highest BCUT2D eigenvalue weighted by Crippen LogP contribution is 2.32. The Balaban J connectivity index is 1.39. The largest absolute Gasteiger partial charge is 0.459 e. The summed E-state index contributed by atoms with van der Waals surface area (Å²) in [6, 6.07) is 17.2. The van der Waals surface area contributed by atoms with Crippen molar-refractivity contribution in [2.45, 2.75) is 32.4 Å². The predicted molar refractivity (Wildman–Crippen MR) is 115 cm³/mol. The molecule has 4 rings (SSSR count). The number of para-hydroxylation sites is 1. The SMILES string of the molecule is C[C@@H]1Cc2ccccc2N1C(=O)[C@@H](C)OC(=O)c1ccc(NC(=O)c2ccco2)cc1. The highest BCUT2D eigenvalue weighted by molar-refractivity contribution is 6.03. The molecule has 31 heavy (non-hydrogen) atoms. The van der Waals surface area contributed by atoms with Crippen LogP contribution in [0.4, 0.5) is 11.4 Å². The summed E-state index contributed by atoms with van der Waals surface area (Å²) in [4.78, 5) is 39.2. The number of fused-ring (bicyclic) bond motifs is 1. The lowest BCUT2D eigenvalue weighted by molar-refractivity contribution is -0.126. The molecule has 0 unspecified atom stereocenters. The molecule has 0 saturated carbocycles. The van der Waals surface area contributed by atoms with Crippen LogP contribution in [0.25, 0.3) is 0 Å². The number of carbonyl (C=O) groups is 3. The van der Waals surface area contributed by atoms with Crippen molar-refractivity contribution in [3.8, 4) is 0 Å². The molecule has 0 radical (unpaired) electrons. The molecule has 2 atom stereocenters. The minimum Gasteiger partial charge on any atom is -0.459 e. The Kier molecular flexibility index (Phi) is 5.58. The van der Waals surface area contributed by atoms with Gasteiger partial charge in [0.15, 0.2) is 11.9 Å². The first-order valence-electron chi connectivity index (χ1n) is 10.0. The van der Waals surface area contributed by atoms with Crippen LogP contribution in [-0.2, 0) is 16.0 Å². The Hall–Kier alpha value is -3.87. The fourth-order valence-electron chi connectivity index (χ4n) is 3.67. The molecular weight excluding hydrogens is 396 g/mol. The van der Waals surface area contributed by atoms with Crippen LogP contribution < -0.4 is 10.2 Å². The summed E-state index contributed by atoms with van der Waals surface area (Å²) < 4.78 is 10.5. The molecule has 0 fully saturated rings. The highest BCUT2D eigenvalue weighted by Gasteiger charge is 2.34. The number of nitrogens with one attached hydrogen (secondary N) is 1. The van der Waals surface area contributed by atoms with E-state index in [1.807, 2.05) is 31.2 Å². The summed E-state index contributed by atoms with van der Waals surface area (Å²) in [6.07, 6.45) is 1.26. The molecule has 1 aromatic heterocycles. The number of hydrogen-bond acceptors (Lipinski definition) is 5. The zero-order chi connectivity index (χ0) is 22.0. The van der Waals surface area contributed by atoms with E-state index in [4.69, 9.17) is 9.15 Å². The molecule has 3 aromatic rings. The molecule has 2 aromatic carbocycles. The monoisotopic (exact) mass is 418 g/mol. The predicted octanol–water partition coefficient (Wildman–Crippen LogP) is 4.06. The number of esters is 1. The van der Waals surface area contributed by atoms with Crippen molar-refractivity contribution in [2.24, 2.45) is 0 Å². The third kappa shape index (κ3) is 4.21. The Morgan fingerprint density at radius 2 is 1.81 bits per heavy atom. The lowest BCUT2D eigenvalue weighted by Crippen LogP contribution is -2.43. The Morgan fingerprint density at radius 3 is 2.52 bits per heavy atom. The minimum absolute atomic E-state index is 0.00288. The first-order chi connectivity index (χ1) is 14.9. The van der Waals surface area contributed by atoms with Crippen LogP contribution in [0.1, 0.15) is 40.3 Å². The molecule has 0 bridgehead atoms. The van der Waals surface area contributed by atoms with Gasteiger partial charge in [0, 0.05) is 17.4 Å². The summed E-state index contributed by atoms with van der Waals surface area (Å²) in [5.41, 5.74) is 2.75. The lowest BCUT2D eigenvalue weighted by Gasteiger charge is -2.26. The van der Waals surface area contributed by atoms with E-state index in [9.17, 15) is 14.4 Å². The van der Waals surface area contributed by atoms with Crippen LogP contribution >= 0.6 is 0 Å². The van der Waals surface area contributed by atoms with Crippen molar-refractivity contribution in [2.75, 3.05) is 10.2 Å². The van der Waals surface area contributed by atoms with Crippen molar-refractivity contribution >= 4 is 29.2 Å². The number of carbonyl (C=O) groups excluding carboxylic acids is 3. The molecule has 1 aliphatic heterocycles. The number of amides is 2. The van der Waals surface area contributed by atoms with Gasteiger partial charge in [-0.25, -0.2) is 4.79 Å². The fourth-order valence-corrected chi connectivity index (χ4v) is 3.67. The summed E-state index contributed by atoms with van der Waals surface area (Å²) in [6.45, 7) is 3.55. The average molecular weight is 418 g/mol. The minimum atomic E-state index is -0.931. The van der Waals surface area contributed by atoms with E-state index < -0.39 is 12.1 Å². The number of anilines is 2. The van der Waals surface area contributed by atoms with E-state index in [2.05, 4.69) is 5.32 Å². The standard InChI is InChI=1S/C24H22N2O5/c1-15-14-18-6-3-4-7-20(18)26(15)23(28)16(2)31-24(29)17-9-11-19(12-10-17)25-22(27)21-8-5-13-30-21/h3-13,15-16H,14H2,1-2H3,(H,25,27)/t15-,16-/m1/s1. The lowest BCUT2D eigenvalue weighted by atomic mass is 10.1. The molecule has 0 saturated heterocycles. The maximum atomic E-state index is 13.0. The molecule has 158 valence electrons. The molecule has 0 aliphatic carbocycles. The Labute approximate surface area is 179 Å². The van der Waals surface area contributed by atoms with Crippen LogP contribution in [0.15, 0.2) is 71.3 Å². The van der Waals surface area contributed by atoms with Crippen LogP contribution in [-0.4, -0.2) is 29.9 Å². The average Bonchev–Trinajstić information content (AvgIpc) is 3.41. The zero-order valence-electron chi connectivity index (χ0n) is 17.2. The summed E-state index contributed by atoms with van der Waals surface area (Å²) in [7, 11) is 0. The van der Waals surface area contributed by atoms with Crippen LogP contribution in [0.3, 0.4) is 0 Å². The van der Waals surface area contributed by atoms with Crippen LogP contribution in [0, 0.1) is 0 Å². The van der Waals surface area contributed by atoms with Gasteiger partial charge in [-0.1, -0.05) is 18.2 Å². The second-order valence-corrected chi connectivity index (χ2v) is 7.45. The van der Waals surface area contributed by atoms with Gasteiger partial charge >= 0.3 is 5.97 Å². The number of furan rings is 1. The quantitative estimate of drug-likeness (QED) is 0.632. The topological polar surface area (TPSA) is 88.9 Å². The molecule has 7 heteroatoms. The second kappa shape index (κ2) is 8.47. The van der Waals surface area contributed by atoms with Crippen molar-refractivity contribution in [3.63, 3.8) is 0 Å². The van der Waals surface area contributed by atoms with Gasteiger partial charge in [0.2, 0.25) is 0 Å². The van der Waals surface area contributed by atoms with Gasteiger partial charge in [-0.05, 0) is 68.3 Å². The third-order valence-corrected chi connectivity index (χ3v) is 5.20. The smallest absolute Gasteiger partial charge is 0.338 e. The third-order valence-electron chi connectivity index (χ3n) is 5.20. The molecule has 7 nitrogen and oxygen atoms in total. The first kappa shape index (κ1) is 20.4. The summed E-state index contributed by atoms with van der Waals surface area (Å²) in [5.74, 6) is -1.06. The van der Waals surface area contributed by atoms with E-state index in [0.717, 1.165) is 17.7 Å². The summed E-state index contributed by atoms with van der Waals surface area (Å²) >= 11 is 0. The van der Waals surface area contributed by atoms with Crippen LogP contribution in [0.5, 0.6) is 0 Å². The van der Waals surface area contributed by atoms with Gasteiger partial charge in [0.25, 0.3) is 11.8 Å². The number of nitrogens with zero attached hydrogens (tertiary/aromatic N) is 1. The van der Waals surface area contributed by atoms with Gasteiger partial charge in [0.05, 0.1) is 11.8 Å². The molecular formula is C24H22N2O5. The maximum Gasteiger partial charge on any atom is 0.338 e. The first-order valence-corrected chi connectivity index (χ1v) is 10.0. The molecule has 2 heterocycles. The molecule has 2 amide bonds. The van der Waals surface area contributed by atoms with Gasteiger partial charge in [-0.3, -0.25) is 9.59 Å². The Bertz CT molecular complexity index is 1110. The van der Waals surface area contributed by atoms with E-state index >= 15 is 0 Å². The van der Waals surface area contributed by atoms with Crippen molar-refractivity contribution in [3.05, 3.63) is 83.8 Å². The van der Waals surface area contributed by atoms with Gasteiger partial charge in [-0.15, -0.1) is 0 Å². The van der Waals surface area contributed by atoms with Gasteiger partial charge in [0.1, 0.15) is 0 Å². The van der Waals surface area contributed by atoms with Gasteiger partial charge in [-0.2, -0.15) is 0 Å². The van der Waals surface area contributed by atoms with Crippen molar-refractivity contribution in [1.82, 2.24) is 0 Å². The zero-order valence-corrected chi connectivity index (χ0v) is 17.2. The van der Waals surface area contributed by atoms with E-state index in [0.29, 0.717) is 5.69 Å². The highest BCUT2D eigenvalue weighted by atomic mass is 16.5.